The van der Waals surface area contributed by atoms with Gasteiger partial charge in [0.2, 0.25) is 5.16 Å². The van der Waals surface area contributed by atoms with Crippen molar-refractivity contribution in [2.45, 2.75) is 17.5 Å². The first kappa shape index (κ1) is 18.4. The maximum Gasteiger partial charge on any atom is 0.387 e. The minimum absolute atomic E-state index is 0.0237. The Bertz CT molecular complexity index is 885. The molecule has 0 spiro atoms. The summed E-state index contributed by atoms with van der Waals surface area (Å²) >= 11 is 7.17. The number of alkyl halides is 2. The zero-order chi connectivity index (χ0) is 18.7. The molecule has 5 nitrogen and oxygen atoms in total. The second kappa shape index (κ2) is 7.88. The van der Waals surface area contributed by atoms with Crippen LogP contribution in [0.2, 0.25) is 5.02 Å². The van der Waals surface area contributed by atoms with Gasteiger partial charge >= 0.3 is 6.61 Å². The molecule has 0 aliphatic rings. The molecule has 1 heterocycles. The normalized spacial score (nSPS) is 11.1. The van der Waals surface area contributed by atoms with Gasteiger partial charge in [-0.05, 0) is 36.4 Å². The lowest BCUT2D eigenvalue weighted by atomic mass is 10.2. The smallest absolute Gasteiger partial charge is 0.387 e. The van der Waals surface area contributed by atoms with Gasteiger partial charge in [-0.3, -0.25) is 0 Å². The first-order valence-corrected chi connectivity index (χ1v) is 8.63. The van der Waals surface area contributed by atoms with Crippen LogP contribution in [0.5, 0.6) is 5.75 Å². The van der Waals surface area contributed by atoms with Gasteiger partial charge in [0, 0.05) is 21.9 Å². The van der Waals surface area contributed by atoms with Crippen molar-refractivity contribution in [1.82, 2.24) is 14.9 Å². The molecule has 0 amide bonds. The summed E-state index contributed by atoms with van der Waals surface area (Å²) in [4.78, 5) is 0. The van der Waals surface area contributed by atoms with Gasteiger partial charge in [-0.25, -0.2) is 9.07 Å². The van der Waals surface area contributed by atoms with E-state index in [9.17, 15) is 13.2 Å². The first-order chi connectivity index (χ1) is 12.5. The largest absolute Gasteiger partial charge is 0.435 e. The molecule has 0 saturated heterocycles. The summed E-state index contributed by atoms with van der Waals surface area (Å²) in [5.41, 5.74) is 0.912. The molecule has 2 aromatic carbocycles. The lowest BCUT2D eigenvalue weighted by Gasteiger charge is -2.07. The Morgan fingerprint density at radius 1 is 1.15 bits per heavy atom. The number of aromatic nitrogens is 3. The molecule has 2 N–H and O–H groups in total. The quantitative estimate of drug-likeness (QED) is 0.492. The van der Waals surface area contributed by atoms with Crippen molar-refractivity contribution in [2.75, 3.05) is 5.84 Å². The summed E-state index contributed by atoms with van der Waals surface area (Å²) in [5, 5.41) is 8.63. The minimum atomic E-state index is -2.90. The van der Waals surface area contributed by atoms with E-state index in [1.165, 1.54) is 52.8 Å². The van der Waals surface area contributed by atoms with Crippen molar-refractivity contribution in [3.63, 3.8) is 0 Å². The zero-order valence-electron chi connectivity index (χ0n) is 13.1. The molecule has 136 valence electrons. The van der Waals surface area contributed by atoms with E-state index in [1.54, 1.807) is 6.07 Å². The molecule has 0 saturated carbocycles. The summed E-state index contributed by atoms with van der Waals surface area (Å²) in [6.07, 6.45) is 0. The van der Waals surface area contributed by atoms with E-state index in [0.29, 0.717) is 27.1 Å². The van der Waals surface area contributed by atoms with Crippen molar-refractivity contribution >= 4 is 23.4 Å². The average molecular weight is 401 g/mol. The highest BCUT2D eigenvalue weighted by Crippen LogP contribution is 2.29. The van der Waals surface area contributed by atoms with E-state index < -0.39 is 12.4 Å². The summed E-state index contributed by atoms with van der Waals surface area (Å²) in [6.45, 7) is -2.90. The molecule has 0 aliphatic heterocycles. The van der Waals surface area contributed by atoms with E-state index in [1.807, 2.05) is 0 Å². The van der Waals surface area contributed by atoms with Crippen molar-refractivity contribution in [2.24, 2.45) is 0 Å². The van der Waals surface area contributed by atoms with E-state index >= 15 is 0 Å². The molecule has 26 heavy (non-hydrogen) atoms. The molecule has 3 rings (SSSR count). The number of nitrogens with zero attached hydrogens (tertiary/aromatic N) is 3. The Morgan fingerprint density at radius 2 is 1.88 bits per heavy atom. The van der Waals surface area contributed by atoms with Crippen molar-refractivity contribution in [1.29, 1.82) is 0 Å². The number of hydrogen-bond donors (Lipinski definition) is 1. The number of nitrogens with two attached hydrogens (primary N) is 1. The third kappa shape index (κ3) is 4.05. The monoisotopic (exact) mass is 400 g/mol. The third-order valence-electron chi connectivity index (χ3n) is 3.41. The minimum Gasteiger partial charge on any atom is -0.435 e. The van der Waals surface area contributed by atoms with Gasteiger partial charge in [-0.1, -0.05) is 29.4 Å². The van der Waals surface area contributed by atoms with Gasteiger partial charge in [0.05, 0.1) is 0 Å². The fourth-order valence-corrected chi connectivity index (χ4v) is 3.36. The van der Waals surface area contributed by atoms with E-state index in [-0.39, 0.29) is 11.5 Å². The van der Waals surface area contributed by atoms with Gasteiger partial charge in [-0.2, -0.15) is 8.78 Å². The highest BCUT2D eigenvalue weighted by molar-refractivity contribution is 7.98. The van der Waals surface area contributed by atoms with Crippen LogP contribution in [0.3, 0.4) is 0 Å². The highest BCUT2D eigenvalue weighted by atomic mass is 35.5. The second-order valence-corrected chi connectivity index (χ2v) is 6.42. The predicted octanol–water partition coefficient (Wildman–Crippen LogP) is 4.35. The average Bonchev–Trinajstić information content (AvgIpc) is 2.95. The summed E-state index contributed by atoms with van der Waals surface area (Å²) in [5.74, 6) is 6.15. The molecule has 0 aliphatic carbocycles. The Labute approximate surface area is 155 Å². The molecule has 3 aromatic rings. The Kier molecular flexibility index (Phi) is 5.58. The number of rotatable bonds is 6. The van der Waals surface area contributed by atoms with Crippen molar-refractivity contribution in [3.8, 4) is 17.1 Å². The van der Waals surface area contributed by atoms with E-state index in [2.05, 4.69) is 14.9 Å². The maximum atomic E-state index is 13.8. The third-order valence-corrected chi connectivity index (χ3v) is 4.73. The van der Waals surface area contributed by atoms with Gasteiger partial charge < -0.3 is 10.6 Å². The molecule has 10 heteroatoms. The predicted molar refractivity (Wildman–Crippen MR) is 93.2 cm³/mol. The van der Waals surface area contributed by atoms with Crippen LogP contribution in [0, 0.1) is 5.82 Å². The van der Waals surface area contributed by atoms with Gasteiger partial charge in [0.25, 0.3) is 0 Å². The van der Waals surface area contributed by atoms with Crippen LogP contribution in [0.15, 0.2) is 47.6 Å². The second-order valence-electron chi connectivity index (χ2n) is 5.07. The number of thioether (sulfide) groups is 1. The van der Waals surface area contributed by atoms with Crippen LogP contribution in [-0.4, -0.2) is 21.5 Å². The topological polar surface area (TPSA) is 66.0 Å². The Hall–Kier alpha value is -2.39. The fourth-order valence-electron chi connectivity index (χ4n) is 2.16. The number of nitrogen functional groups attached to an aromatic ring is 1. The lowest BCUT2D eigenvalue weighted by molar-refractivity contribution is -0.0498. The van der Waals surface area contributed by atoms with Gasteiger partial charge in [0.1, 0.15) is 11.6 Å². The number of benzene rings is 2. The molecular formula is C16H12ClF3N4OS. The summed E-state index contributed by atoms with van der Waals surface area (Å²) in [7, 11) is 0. The van der Waals surface area contributed by atoms with Crippen LogP contribution in [0.25, 0.3) is 11.4 Å². The van der Waals surface area contributed by atoms with Gasteiger partial charge in [-0.15, -0.1) is 10.2 Å². The number of hydrogen-bond acceptors (Lipinski definition) is 5. The summed E-state index contributed by atoms with van der Waals surface area (Å²) in [6, 6.07) is 10.3. The van der Waals surface area contributed by atoms with Gasteiger partial charge in [0.15, 0.2) is 5.82 Å². The molecule has 0 bridgehead atoms. The molecule has 0 radical (unpaired) electrons. The number of halogens is 4. The Balaban J connectivity index is 1.75. The summed E-state index contributed by atoms with van der Waals surface area (Å²) < 4.78 is 43.7. The zero-order valence-corrected chi connectivity index (χ0v) is 14.6. The van der Waals surface area contributed by atoms with Crippen LogP contribution in [0.1, 0.15) is 5.56 Å². The number of ether oxygens (including phenoxy) is 1. The van der Waals surface area contributed by atoms with Crippen LogP contribution < -0.4 is 10.6 Å². The van der Waals surface area contributed by atoms with Crippen molar-refractivity contribution < 1.29 is 17.9 Å². The molecule has 0 fully saturated rings. The highest BCUT2D eigenvalue weighted by Gasteiger charge is 2.15. The molecule has 1 aromatic heterocycles. The van der Waals surface area contributed by atoms with Crippen molar-refractivity contribution in [3.05, 3.63) is 58.9 Å². The maximum absolute atomic E-state index is 13.8. The fraction of sp³-hybridized carbons (Fsp3) is 0.125. The SMILES string of the molecule is Nn1c(SCc2c(F)cccc2Cl)nnc1-c1ccc(OC(F)F)cc1. The van der Waals surface area contributed by atoms with E-state index in [0.717, 1.165) is 0 Å². The lowest BCUT2D eigenvalue weighted by Crippen LogP contribution is -2.11. The van der Waals surface area contributed by atoms with Crippen LogP contribution in [-0.2, 0) is 5.75 Å². The van der Waals surface area contributed by atoms with E-state index in [4.69, 9.17) is 17.4 Å². The first-order valence-electron chi connectivity index (χ1n) is 7.27. The Morgan fingerprint density at radius 3 is 2.54 bits per heavy atom. The molecule has 0 atom stereocenters. The van der Waals surface area contributed by atoms with Crippen LogP contribution in [0.4, 0.5) is 13.2 Å². The standard InChI is InChI=1S/C16H12ClF3N4OS/c17-12-2-1-3-13(18)11(12)8-26-16-23-22-14(24(16)21)9-4-6-10(7-5-9)25-15(19)20/h1-7,15H,8,21H2. The molecule has 0 unspecified atom stereocenters. The molecular weight excluding hydrogens is 389 g/mol. The van der Waals surface area contributed by atoms with Crippen LogP contribution >= 0.6 is 23.4 Å².